The van der Waals surface area contributed by atoms with Gasteiger partial charge in [-0.05, 0) is 56.4 Å². The molecule has 25 heavy (non-hydrogen) atoms. The van der Waals surface area contributed by atoms with Gasteiger partial charge in [-0.1, -0.05) is 12.5 Å². The number of hydrogen-bond acceptors (Lipinski definition) is 3. The van der Waals surface area contributed by atoms with Crippen molar-refractivity contribution in [3.63, 3.8) is 0 Å². The highest BCUT2D eigenvalue weighted by atomic mass is 16.6. The molecule has 1 aliphatic heterocycles. The number of pyridine rings is 1. The average molecular weight is 341 g/mol. The van der Waals surface area contributed by atoms with Crippen LogP contribution in [0.4, 0.5) is 0 Å². The molecule has 0 aromatic carbocycles. The van der Waals surface area contributed by atoms with Crippen molar-refractivity contribution in [2.75, 3.05) is 13.1 Å². The molecule has 1 saturated carbocycles. The molecule has 1 unspecified atom stereocenters. The van der Waals surface area contributed by atoms with Gasteiger partial charge in [0.25, 0.3) is 0 Å². The summed E-state index contributed by atoms with van der Waals surface area (Å²) in [6.45, 7) is 3.45. The highest BCUT2D eigenvalue weighted by Gasteiger charge is 2.33. The summed E-state index contributed by atoms with van der Waals surface area (Å²) >= 11 is 0. The minimum Gasteiger partial charge on any atom is -0.446 e. The van der Waals surface area contributed by atoms with E-state index in [-0.39, 0.29) is 5.97 Å². The lowest BCUT2D eigenvalue weighted by Crippen LogP contribution is -3.13. The van der Waals surface area contributed by atoms with Crippen LogP contribution < -0.4 is 4.90 Å². The topological polar surface area (TPSA) is 43.6 Å². The Kier molecular flexibility index (Phi) is 6.09. The minimum atomic E-state index is -0.539. The number of quaternary nitrogens is 1. The minimum absolute atomic E-state index is 0.213. The molecule has 0 bridgehead atoms. The first kappa shape index (κ1) is 17.9. The lowest BCUT2D eigenvalue weighted by Gasteiger charge is -2.33. The lowest BCUT2D eigenvalue weighted by atomic mass is 9.85. The maximum atomic E-state index is 11.5. The zero-order valence-corrected chi connectivity index (χ0v) is 15.2. The molecule has 4 nitrogen and oxygen atoms in total. The fourth-order valence-corrected chi connectivity index (χ4v) is 4.24. The van der Waals surface area contributed by atoms with E-state index in [9.17, 15) is 4.79 Å². The van der Waals surface area contributed by atoms with Crippen LogP contribution in [-0.2, 0) is 9.53 Å². The number of likely N-dealkylation sites (tertiary alicyclic amines) is 1. The van der Waals surface area contributed by atoms with Gasteiger partial charge < -0.3 is 9.64 Å². The summed E-state index contributed by atoms with van der Waals surface area (Å²) < 4.78 is 5.65. The van der Waals surface area contributed by atoms with Crippen molar-refractivity contribution in [3.8, 4) is 11.8 Å². The van der Waals surface area contributed by atoms with E-state index >= 15 is 0 Å². The molecule has 1 aromatic heterocycles. The number of rotatable bonds is 3. The molecule has 2 aliphatic rings. The molecule has 0 radical (unpaired) electrons. The molecule has 2 heterocycles. The number of piperidine rings is 1. The van der Waals surface area contributed by atoms with Crippen LogP contribution in [0, 0.1) is 11.8 Å². The van der Waals surface area contributed by atoms with Gasteiger partial charge in [0.2, 0.25) is 0 Å². The molecule has 134 valence electrons. The van der Waals surface area contributed by atoms with Crippen LogP contribution in [0.2, 0.25) is 0 Å². The smallest absolute Gasteiger partial charge is 0.304 e. The number of esters is 1. The molecule has 1 saturated heterocycles. The molecule has 3 rings (SSSR count). The molecule has 4 heteroatoms. The maximum absolute atomic E-state index is 11.5. The molecule has 2 fully saturated rings. The highest BCUT2D eigenvalue weighted by Crippen LogP contribution is 2.31. The van der Waals surface area contributed by atoms with Gasteiger partial charge in [-0.25, -0.2) is 0 Å². The second kappa shape index (κ2) is 8.49. The van der Waals surface area contributed by atoms with E-state index in [1.54, 1.807) is 0 Å². The van der Waals surface area contributed by atoms with Gasteiger partial charge in [0.1, 0.15) is 12.6 Å². The average Bonchev–Trinajstić information content (AvgIpc) is 2.63. The van der Waals surface area contributed by atoms with E-state index in [1.165, 1.54) is 43.1 Å². The summed E-state index contributed by atoms with van der Waals surface area (Å²) in [6, 6.07) is 4.68. The van der Waals surface area contributed by atoms with Gasteiger partial charge in [-0.2, -0.15) is 0 Å². The zero-order valence-electron chi connectivity index (χ0n) is 15.2. The Hall–Kier alpha value is -1.86. The zero-order chi connectivity index (χ0) is 17.5. The third kappa shape index (κ3) is 4.83. The molecule has 1 aromatic rings. The number of hydrogen-bond donors (Lipinski definition) is 1. The summed E-state index contributed by atoms with van der Waals surface area (Å²) in [6.07, 6.45) is 12.7. The highest BCUT2D eigenvalue weighted by molar-refractivity contribution is 5.67. The quantitative estimate of drug-likeness (QED) is 0.678. The fraction of sp³-hybridized carbons (Fsp3) is 0.619. The molecule has 0 amide bonds. The summed E-state index contributed by atoms with van der Waals surface area (Å²) in [5.74, 6) is 6.53. The molecular weight excluding hydrogens is 312 g/mol. The maximum Gasteiger partial charge on any atom is 0.304 e. The third-order valence-electron chi connectivity index (χ3n) is 5.45. The van der Waals surface area contributed by atoms with Crippen LogP contribution in [0.5, 0.6) is 0 Å². The van der Waals surface area contributed by atoms with E-state index < -0.39 is 5.60 Å². The Labute approximate surface area is 151 Å². The molecular formula is C21H29N2O2+. The first-order chi connectivity index (χ1) is 12.2. The van der Waals surface area contributed by atoms with E-state index in [4.69, 9.17) is 4.74 Å². The number of nitrogens with zero attached hydrogens (tertiary/aromatic N) is 1. The third-order valence-corrected chi connectivity index (χ3v) is 5.45. The van der Waals surface area contributed by atoms with E-state index in [1.807, 2.05) is 18.5 Å². The van der Waals surface area contributed by atoms with Gasteiger partial charge >= 0.3 is 5.97 Å². The van der Waals surface area contributed by atoms with E-state index in [0.29, 0.717) is 6.04 Å². The van der Waals surface area contributed by atoms with E-state index in [0.717, 1.165) is 38.8 Å². The first-order valence-corrected chi connectivity index (χ1v) is 9.63. The van der Waals surface area contributed by atoms with Crippen molar-refractivity contribution < 1.29 is 14.4 Å². The van der Waals surface area contributed by atoms with Gasteiger partial charge in [-0.15, -0.1) is 0 Å². The Morgan fingerprint density at radius 3 is 2.88 bits per heavy atom. The number of nitrogens with one attached hydrogen (secondary N) is 1. The van der Waals surface area contributed by atoms with Gasteiger partial charge in [0, 0.05) is 31.3 Å². The summed E-state index contributed by atoms with van der Waals surface area (Å²) in [5.41, 5.74) is 0.773. The Morgan fingerprint density at radius 1 is 1.32 bits per heavy atom. The standard InChI is InChI=1S/C21H28N2O2/c1-18(24)25-21(11-4-2-5-12-21)13-8-16-23-15-6-3-10-20(23)19-9-7-14-22-17-19/h7,9,14,17,20H,2-6,10-12,15-16H2,1H3/p+1/t20-/m1/s1. The number of ether oxygens (including phenoxy) is 1. The van der Waals surface area contributed by atoms with Crippen molar-refractivity contribution >= 4 is 5.97 Å². The summed E-state index contributed by atoms with van der Waals surface area (Å²) in [7, 11) is 0. The van der Waals surface area contributed by atoms with Crippen LogP contribution in [0.25, 0.3) is 0 Å². The second-order valence-corrected chi connectivity index (χ2v) is 7.37. The van der Waals surface area contributed by atoms with Gasteiger partial charge in [-0.3, -0.25) is 9.78 Å². The van der Waals surface area contributed by atoms with Gasteiger partial charge in [0.15, 0.2) is 5.60 Å². The lowest BCUT2D eigenvalue weighted by molar-refractivity contribution is -0.930. The van der Waals surface area contributed by atoms with Crippen molar-refractivity contribution in [1.29, 1.82) is 0 Å². The van der Waals surface area contributed by atoms with Crippen molar-refractivity contribution in [2.24, 2.45) is 0 Å². The summed E-state index contributed by atoms with van der Waals surface area (Å²) in [4.78, 5) is 17.3. The first-order valence-electron chi connectivity index (χ1n) is 9.63. The summed E-state index contributed by atoms with van der Waals surface area (Å²) in [5, 5.41) is 0. The number of carbonyl (C=O) groups is 1. The Balaban J connectivity index is 1.70. The Morgan fingerprint density at radius 2 is 2.16 bits per heavy atom. The molecule has 1 aliphatic carbocycles. The van der Waals surface area contributed by atoms with Crippen LogP contribution >= 0.6 is 0 Å². The number of carbonyl (C=O) groups excluding carboxylic acids is 1. The predicted molar refractivity (Wildman–Crippen MR) is 96.9 cm³/mol. The predicted octanol–water partition coefficient (Wildman–Crippen LogP) is 2.46. The van der Waals surface area contributed by atoms with Crippen LogP contribution in [0.1, 0.15) is 69.9 Å². The second-order valence-electron chi connectivity index (χ2n) is 7.37. The van der Waals surface area contributed by atoms with Crippen LogP contribution in [-0.4, -0.2) is 29.6 Å². The fourth-order valence-electron chi connectivity index (χ4n) is 4.24. The SMILES string of the molecule is CC(=O)OC1(C#CC[NH+]2CCCC[C@@H]2c2cccnc2)CCCCC1. The van der Waals surface area contributed by atoms with Crippen LogP contribution in [0.3, 0.4) is 0 Å². The molecule has 1 N–H and O–H groups in total. The van der Waals surface area contributed by atoms with Crippen LogP contribution in [0.15, 0.2) is 24.5 Å². The van der Waals surface area contributed by atoms with E-state index in [2.05, 4.69) is 22.9 Å². The monoisotopic (exact) mass is 341 g/mol. The molecule has 0 spiro atoms. The van der Waals surface area contributed by atoms with Gasteiger partial charge in [0.05, 0.1) is 6.54 Å². The van der Waals surface area contributed by atoms with Crippen molar-refractivity contribution in [2.45, 2.75) is 69.9 Å². The number of aromatic nitrogens is 1. The Bertz CT molecular complexity index is 626. The molecule has 2 atom stereocenters. The normalized spacial score (nSPS) is 25.5. The largest absolute Gasteiger partial charge is 0.446 e. The van der Waals surface area contributed by atoms with Crippen molar-refractivity contribution in [1.82, 2.24) is 4.98 Å². The van der Waals surface area contributed by atoms with Crippen molar-refractivity contribution in [3.05, 3.63) is 30.1 Å².